The molecule has 1 saturated carbocycles. The Morgan fingerprint density at radius 3 is 2.89 bits per heavy atom. The number of aromatic carboxylic acids is 1. The van der Waals surface area contributed by atoms with Crippen LogP contribution in [0.1, 0.15) is 48.5 Å². The summed E-state index contributed by atoms with van der Waals surface area (Å²) < 4.78 is 12.4. The van der Waals surface area contributed by atoms with Crippen molar-refractivity contribution in [1.29, 1.82) is 0 Å². The van der Waals surface area contributed by atoms with Gasteiger partial charge in [0, 0.05) is 21.8 Å². The molecule has 1 fully saturated rings. The van der Waals surface area contributed by atoms with Crippen LogP contribution < -0.4 is 0 Å². The van der Waals surface area contributed by atoms with Crippen molar-refractivity contribution in [2.45, 2.75) is 43.6 Å². The summed E-state index contributed by atoms with van der Waals surface area (Å²) in [6, 6.07) is 6.78. The zero-order chi connectivity index (χ0) is 13.8. The van der Waals surface area contributed by atoms with Gasteiger partial charge in [0.1, 0.15) is 0 Å². The van der Waals surface area contributed by atoms with Crippen LogP contribution in [0.3, 0.4) is 0 Å². The Morgan fingerprint density at radius 2 is 2.21 bits per heavy atom. The molecule has 104 valence electrons. The van der Waals surface area contributed by atoms with Gasteiger partial charge in [0.05, 0.1) is 5.56 Å². The fourth-order valence-corrected chi connectivity index (χ4v) is 4.41. The first-order chi connectivity index (χ1) is 9.06. The monoisotopic (exact) mass is 280 g/mol. The molecule has 0 aliphatic heterocycles. The van der Waals surface area contributed by atoms with Crippen molar-refractivity contribution in [3.8, 4) is 0 Å². The van der Waals surface area contributed by atoms with Gasteiger partial charge in [-0.25, -0.2) is 4.79 Å². The highest BCUT2D eigenvalue weighted by Crippen LogP contribution is 2.28. The average Bonchev–Trinajstić information content (AvgIpc) is 2.39. The number of benzene rings is 1. The minimum Gasteiger partial charge on any atom is -0.478 e. The van der Waals surface area contributed by atoms with E-state index in [9.17, 15) is 9.00 Å². The maximum atomic E-state index is 12.4. The third-order valence-electron chi connectivity index (χ3n) is 3.74. The van der Waals surface area contributed by atoms with Crippen LogP contribution >= 0.6 is 0 Å². The molecule has 4 heteroatoms. The van der Waals surface area contributed by atoms with Gasteiger partial charge in [0.2, 0.25) is 0 Å². The van der Waals surface area contributed by atoms with Crippen molar-refractivity contribution in [3.05, 3.63) is 35.4 Å². The van der Waals surface area contributed by atoms with Gasteiger partial charge in [0.15, 0.2) is 0 Å². The largest absolute Gasteiger partial charge is 0.478 e. The van der Waals surface area contributed by atoms with E-state index in [2.05, 4.69) is 6.92 Å². The predicted molar refractivity (Wildman–Crippen MR) is 76.7 cm³/mol. The second-order valence-electron chi connectivity index (χ2n) is 5.42. The molecule has 0 amide bonds. The molecule has 3 atom stereocenters. The van der Waals surface area contributed by atoms with E-state index in [0.29, 0.717) is 11.7 Å². The molecule has 1 aliphatic rings. The van der Waals surface area contributed by atoms with Gasteiger partial charge in [-0.05, 0) is 36.5 Å². The average molecular weight is 280 g/mol. The SMILES string of the molecule is CC1CCCC(S(=O)Cc2cccc(C(=O)O)c2)C1. The summed E-state index contributed by atoms with van der Waals surface area (Å²) in [7, 11) is -0.893. The molecular weight excluding hydrogens is 260 g/mol. The minimum atomic E-state index is -0.932. The van der Waals surface area contributed by atoms with E-state index < -0.39 is 16.8 Å². The lowest BCUT2D eigenvalue weighted by Gasteiger charge is -2.26. The number of hydrogen-bond acceptors (Lipinski definition) is 2. The van der Waals surface area contributed by atoms with Gasteiger partial charge in [0.25, 0.3) is 0 Å². The lowest BCUT2D eigenvalue weighted by atomic mass is 9.91. The Hall–Kier alpha value is -1.16. The summed E-state index contributed by atoms with van der Waals surface area (Å²) in [4.78, 5) is 10.9. The highest BCUT2D eigenvalue weighted by molar-refractivity contribution is 7.84. The molecular formula is C15H20O3S. The van der Waals surface area contributed by atoms with Crippen LogP contribution in [0, 0.1) is 5.92 Å². The fourth-order valence-electron chi connectivity index (χ4n) is 2.69. The third kappa shape index (κ3) is 3.90. The van der Waals surface area contributed by atoms with Gasteiger partial charge in [-0.15, -0.1) is 0 Å². The smallest absolute Gasteiger partial charge is 0.335 e. The van der Waals surface area contributed by atoms with E-state index in [-0.39, 0.29) is 10.8 Å². The van der Waals surface area contributed by atoms with E-state index >= 15 is 0 Å². The van der Waals surface area contributed by atoms with Crippen molar-refractivity contribution in [3.63, 3.8) is 0 Å². The lowest BCUT2D eigenvalue weighted by Crippen LogP contribution is -2.24. The first kappa shape index (κ1) is 14.3. The molecule has 3 unspecified atom stereocenters. The maximum Gasteiger partial charge on any atom is 0.335 e. The summed E-state index contributed by atoms with van der Waals surface area (Å²) in [5.41, 5.74) is 1.13. The number of carboxylic acids is 1. The number of rotatable bonds is 4. The highest BCUT2D eigenvalue weighted by atomic mass is 32.2. The molecule has 3 nitrogen and oxygen atoms in total. The molecule has 0 aromatic heterocycles. The molecule has 1 aliphatic carbocycles. The molecule has 0 spiro atoms. The molecule has 1 N–H and O–H groups in total. The molecule has 0 heterocycles. The van der Waals surface area contributed by atoms with Crippen molar-refractivity contribution in [1.82, 2.24) is 0 Å². The van der Waals surface area contributed by atoms with E-state index in [1.54, 1.807) is 18.2 Å². The van der Waals surface area contributed by atoms with Crippen LogP contribution in [0.2, 0.25) is 0 Å². The van der Waals surface area contributed by atoms with Crippen LogP contribution in [-0.4, -0.2) is 20.5 Å². The lowest BCUT2D eigenvalue weighted by molar-refractivity contribution is 0.0697. The van der Waals surface area contributed by atoms with Crippen LogP contribution in [0.5, 0.6) is 0 Å². The Balaban J connectivity index is 2.02. The summed E-state index contributed by atoms with van der Waals surface area (Å²) >= 11 is 0. The van der Waals surface area contributed by atoms with E-state index in [1.165, 1.54) is 6.42 Å². The van der Waals surface area contributed by atoms with Crippen molar-refractivity contribution < 1.29 is 14.1 Å². The molecule has 2 rings (SSSR count). The zero-order valence-electron chi connectivity index (χ0n) is 11.2. The Bertz CT molecular complexity index is 484. The Morgan fingerprint density at radius 1 is 1.42 bits per heavy atom. The number of carboxylic acid groups (broad SMARTS) is 1. The molecule has 0 saturated heterocycles. The first-order valence-electron chi connectivity index (χ1n) is 6.75. The van der Waals surface area contributed by atoms with E-state index in [4.69, 9.17) is 5.11 Å². The Kier molecular flexibility index (Phi) is 4.75. The van der Waals surface area contributed by atoms with Crippen LogP contribution in [0.15, 0.2) is 24.3 Å². The van der Waals surface area contributed by atoms with E-state index in [0.717, 1.165) is 24.8 Å². The zero-order valence-corrected chi connectivity index (χ0v) is 12.0. The second-order valence-corrected chi connectivity index (χ2v) is 7.14. The van der Waals surface area contributed by atoms with Crippen molar-refractivity contribution in [2.24, 2.45) is 5.92 Å². The number of hydrogen-bond donors (Lipinski definition) is 1. The minimum absolute atomic E-state index is 0.270. The summed E-state index contributed by atoms with van der Waals surface area (Å²) in [6.45, 7) is 2.22. The summed E-state index contributed by atoms with van der Waals surface area (Å²) in [5, 5.41) is 9.23. The van der Waals surface area contributed by atoms with E-state index in [1.807, 2.05) is 6.07 Å². The molecule has 0 bridgehead atoms. The predicted octanol–water partition coefficient (Wildman–Crippen LogP) is 3.21. The number of carbonyl (C=O) groups is 1. The van der Waals surface area contributed by atoms with Gasteiger partial charge in [-0.1, -0.05) is 31.9 Å². The molecule has 1 aromatic carbocycles. The van der Waals surface area contributed by atoms with Crippen LogP contribution in [0.4, 0.5) is 0 Å². The fraction of sp³-hybridized carbons (Fsp3) is 0.533. The van der Waals surface area contributed by atoms with Crippen LogP contribution in [-0.2, 0) is 16.6 Å². The topological polar surface area (TPSA) is 54.4 Å². The normalized spacial score (nSPS) is 24.9. The summed E-state index contributed by atoms with van der Waals surface area (Å²) in [6.07, 6.45) is 4.47. The maximum absolute atomic E-state index is 12.4. The quantitative estimate of drug-likeness (QED) is 0.921. The van der Waals surface area contributed by atoms with Gasteiger partial charge >= 0.3 is 5.97 Å². The van der Waals surface area contributed by atoms with Gasteiger partial charge in [-0.2, -0.15) is 0 Å². The molecule has 1 aromatic rings. The van der Waals surface area contributed by atoms with Gasteiger partial charge < -0.3 is 5.11 Å². The second kappa shape index (κ2) is 6.33. The van der Waals surface area contributed by atoms with Crippen LogP contribution in [0.25, 0.3) is 0 Å². The summed E-state index contributed by atoms with van der Waals surface area (Å²) in [5.74, 6) is 0.199. The molecule has 0 radical (unpaired) electrons. The standard InChI is InChI=1S/C15H20O3S/c1-11-4-2-7-14(8-11)19(18)10-12-5-3-6-13(9-12)15(16)17/h3,5-6,9,11,14H,2,4,7-8,10H2,1H3,(H,16,17). The molecule has 19 heavy (non-hydrogen) atoms. The third-order valence-corrected chi connectivity index (χ3v) is 5.53. The highest BCUT2D eigenvalue weighted by Gasteiger charge is 2.24. The Labute approximate surface area is 116 Å². The van der Waals surface area contributed by atoms with Crippen molar-refractivity contribution in [2.75, 3.05) is 0 Å². The first-order valence-corrected chi connectivity index (χ1v) is 8.14. The van der Waals surface area contributed by atoms with Crippen molar-refractivity contribution >= 4 is 16.8 Å². The van der Waals surface area contributed by atoms with Gasteiger partial charge in [-0.3, -0.25) is 4.21 Å².